The van der Waals surface area contributed by atoms with Crippen molar-refractivity contribution in [1.82, 2.24) is 19.9 Å². The van der Waals surface area contributed by atoms with Gasteiger partial charge in [0.05, 0.1) is 17.6 Å². The van der Waals surface area contributed by atoms with Gasteiger partial charge in [-0.15, -0.1) is 0 Å². The standard InChI is InChI=1S/C19H22N4O/c1-14(2)10-12-23-17-9-4-3-7-15(17)22-18(23)13-21-19(24)16-8-5-6-11-20-16/h3-9,11,14H,10,12-13H2,1-2H3,(H,21,24). The number of rotatable bonds is 6. The molecule has 0 bridgehead atoms. The van der Waals surface area contributed by atoms with Crippen molar-refractivity contribution in [2.24, 2.45) is 5.92 Å². The second kappa shape index (κ2) is 7.25. The number of fused-ring (bicyclic) bond motifs is 1. The van der Waals surface area contributed by atoms with E-state index in [-0.39, 0.29) is 5.91 Å². The van der Waals surface area contributed by atoms with Gasteiger partial charge in [-0.05, 0) is 36.6 Å². The Hall–Kier alpha value is -2.69. The number of imidazole rings is 1. The lowest BCUT2D eigenvalue weighted by atomic mass is 10.1. The van der Waals surface area contributed by atoms with Crippen LogP contribution in [-0.2, 0) is 13.1 Å². The van der Waals surface area contributed by atoms with Gasteiger partial charge < -0.3 is 9.88 Å². The summed E-state index contributed by atoms with van der Waals surface area (Å²) in [5.74, 6) is 1.31. The highest BCUT2D eigenvalue weighted by Gasteiger charge is 2.13. The van der Waals surface area contributed by atoms with Gasteiger partial charge in [0.25, 0.3) is 5.91 Å². The molecular weight excluding hydrogens is 300 g/mol. The van der Waals surface area contributed by atoms with E-state index in [4.69, 9.17) is 0 Å². The van der Waals surface area contributed by atoms with Crippen molar-refractivity contribution in [2.45, 2.75) is 33.4 Å². The minimum atomic E-state index is -0.182. The molecule has 5 heteroatoms. The summed E-state index contributed by atoms with van der Waals surface area (Å²) >= 11 is 0. The monoisotopic (exact) mass is 322 g/mol. The Morgan fingerprint density at radius 2 is 1.96 bits per heavy atom. The van der Waals surface area contributed by atoms with E-state index in [0.29, 0.717) is 18.2 Å². The molecule has 2 aromatic heterocycles. The predicted molar refractivity (Wildman–Crippen MR) is 94.6 cm³/mol. The first-order chi connectivity index (χ1) is 11.6. The van der Waals surface area contributed by atoms with Crippen molar-refractivity contribution in [1.29, 1.82) is 0 Å². The van der Waals surface area contributed by atoms with Crippen molar-refractivity contribution < 1.29 is 4.79 Å². The van der Waals surface area contributed by atoms with Crippen LogP contribution in [0, 0.1) is 5.92 Å². The third kappa shape index (κ3) is 3.62. The smallest absolute Gasteiger partial charge is 0.270 e. The molecule has 1 N–H and O–H groups in total. The molecule has 1 aromatic carbocycles. The number of pyridine rings is 1. The summed E-state index contributed by atoms with van der Waals surface area (Å²) in [6.07, 6.45) is 2.69. The first-order valence-corrected chi connectivity index (χ1v) is 8.28. The van der Waals surface area contributed by atoms with Crippen molar-refractivity contribution >= 4 is 16.9 Å². The molecule has 0 fully saturated rings. The van der Waals surface area contributed by atoms with Gasteiger partial charge in [-0.1, -0.05) is 32.0 Å². The number of hydrogen-bond acceptors (Lipinski definition) is 3. The predicted octanol–water partition coefficient (Wildman–Crippen LogP) is 3.41. The van der Waals surface area contributed by atoms with Gasteiger partial charge in [-0.3, -0.25) is 9.78 Å². The number of benzene rings is 1. The Morgan fingerprint density at radius 1 is 1.17 bits per heavy atom. The molecule has 0 aliphatic heterocycles. The first-order valence-electron chi connectivity index (χ1n) is 8.28. The van der Waals surface area contributed by atoms with Crippen LogP contribution in [0.25, 0.3) is 11.0 Å². The maximum Gasteiger partial charge on any atom is 0.270 e. The number of hydrogen-bond donors (Lipinski definition) is 1. The fraction of sp³-hybridized carbons (Fsp3) is 0.316. The van der Waals surface area contributed by atoms with E-state index in [1.54, 1.807) is 24.4 Å². The highest BCUT2D eigenvalue weighted by atomic mass is 16.1. The first kappa shape index (κ1) is 16.2. The molecular formula is C19H22N4O. The van der Waals surface area contributed by atoms with Crippen LogP contribution in [-0.4, -0.2) is 20.4 Å². The molecule has 1 amide bonds. The van der Waals surface area contributed by atoms with E-state index in [0.717, 1.165) is 29.8 Å². The zero-order chi connectivity index (χ0) is 16.9. The van der Waals surface area contributed by atoms with Gasteiger partial charge in [0, 0.05) is 12.7 Å². The van der Waals surface area contributed by atoms with Crippen LogP contribution in [0.1, 0.15) is 36.6 Å². The average Bonchev–Trinajstić information content (AvgIpc) is 2.96. The molecule has 0 aliphatic rings. The summed E-state index contributed by atoms with van der Waals surface area (Å²) in [6, 6.07) is 13.4. The zero-order valence-corrected chi connectivity index (χ0v) is 14.1. The highest BCUT2D eigenvalue weighted by Crippen LogP contribution is 2.18. The lowest BCUT2D eigenvalue weighted by Gasteiger charge is -2.11. The van der Waals surface area contributed by atoms with Crippen molar-refractivity contribution in [3.63, 3.8) is 0 Å². The molecule has 0 saturated carbocycles. The van der Waals surface area contributed by atoms with Crippen LogP contribution < -0.4 is 5.32 Å². The summed E-state index contributed by atoms with van der Waals surface area (Å²) in [5.41, 5.74) is 2.49. The number of aryl methyl sites for hydroxylation is 1. The van der Waals surface area contributed by atoms with Crippen molar-refractivity contribution in [3.8, 4) is 0 Å². The molecule has 5 nitrogen and oxygen atoms in total. The fourth-order valence-electron chi connectivity index (χ4n) is 2.64. The maximum absolute atomic E-state index is 12.2. The SMILES string of the molecule is CC(C)CCn1c(CNC(=O)c2ccccn2)nc2ccccc21. The van der Waals surface area contributed by atoms with Gasteiger partial charge in [-0.2, -0.15) is 0 Å². The quantitative estimate of drug-likeness (QED) is 0.756. The summed E-state index contributed by atoms with van der Waals surface area (Å²) < 4.78 is 2.20. The van der Waals surface area contributed by atoms with Crippen molar-refractivity contribution in [2.75, 3.05) is 0 Å². The third-order valence-corrected chi connectivity index (χ3v) is 3.97. The topological polar surface area (TPSA) is 59.8 Å². The molecule has 24 heavy (non-hydrogen) atoms. The molecule has 0 unspecified atom stereocenters. The molecule has 3 rings (SSSR count). The maximum atomic E-state index is 12.2. The lowest BCUT2D eigenvalue weighted by Crippen LogP contribution is -2.25. The zero-order valence-electron chi connectivity index (χ0n) is 14.1. The molecule has 0 aliphatic carbocycles. The number of carbonyl (C=O) groups is 1. The number of nitrogens with zero attached hydrogens (tertiary/aromatic N) is 3. The minimum Gasteiger partial charge on any atom is -0.343 e. The number of aromatic nitrogens is 3. The summed E-state index contributed by atoms with van der Waals surface area (Å²) in [6.45, 7) is 5.71. The van der Waals surface area contributed by atoms with Gasteiger partial charge >= 0.3 is 0 Å². The lowest BCUT2D eigenvalue weighted by molar-refractivity contribution is 0.0944. The second-order valence-electron chi connectivity index (χ2n) is 6.25. The number of para-hydroxylation sites is 2. The van der Waals surface area contributed by atoms with Crippen LogP contribution in [0.3, 0.4) is 0 Å². The van der Waals surface area contributed by atoms with Crippen molar-refractivity contribution in [3.05, 3.63) is 60.2 Å². The summed E-state index contributed by atoms with van der Waals surface area (Å²) in [5, 5.41) is 2.92. The van der Waals surface area contributed by atoms with E-state index in [1.165, 1.54) is 0 Å². The van der Waals surface area contributed by atoms with Crippen LogP contribution in [0.2, 0.25) is 0 Å². The Balaban J connectivity index is 1.80. The molecule has 2 heterocycles. The van der Waals surface area contributed by atoms with E-state index in [9.17, 15) is 4.79 Å². The molecule has 3 aromatic rings. The Morgan fingerprint density at radius 3 is 2.71 bits per heavy atom. The fourth-order valence-corrected chi connectivity index (χ4v) is 2.64. The van der Waals surface area contributed by atoms with Gasteiger partial charge in [0.1, 0.15) is 11.5 Å². The van der Waals surface area contributed by atoms with E-state index < -0.39 is 0 Å². The van der Waals surface area contributed by atoms with Crippen LogP contribution in [0.5, 0.6) is 0 Å². The average molecular weight is 322 g/mol. The Kier molecular flexibility index (Phi) is 4.89. The van der Waals surface area contributed by atoms with Crippen LogP contribution >= 0.6 is 0 Å². The minimum absolute atomic E-state index is 0.182. The van der Waals surface area contributed by atoms with Gasteiger partial charge in [0.15, 0.2) is 0 Å². The number of amides is 1. The molecule has 124 valence electrons. The third-order valence-electron chi connectivity index (χ3n) is 3.97. The number of nitrogens with one attached hydrogen (secondary N) is 1. The largest absolute Gasteiger partial charge is 0.343 e. The summed E-state index contributed by atoms with van der Waals surface area (Å²) in [7, 11) is 0. The van der Waals surface area contributed by atoms with E-state index in [1.807, 2.05) is 18.2 Å². The van der Waals surface area contributed by atoms with E-state index in [2.05, 4.69) is 39.8 Å². The second-order valence-corrected chi connectivity index (χ2v) is 6.25. The molecule has 0 atom stereocenters. The highest BCUT2D eigenvalue weighted by molar-refractivity contribution is 5.92. The molecule has 0 saturated heterocycles. The molecule has 0 radical (unpaired) electrons. The van der Waals surface area contributed by atoms with Gasteiger partial charge in [0.2, 0.25) is 0 Å². The molecule has 0 spiro atoms. The van der Waals surface area contributed by atoms with E-state index >= 15 is 0 Å². The Labute approximate surface area is 141 Å². The van der Waals surface area contributed by atoms with Gasteiger partial charge in [-0.25, -0.2) is 4.98 Å². The summed E-state index contributed by atoms with van der Waals surface area (Å²) in [4.78, 5) is 21.0. The van der Waals surface area contributed by atoms with Crippen LogP contribution in [0.4, 0.5) is 0 Å². The Bertz CT molecular complexity index is 824. The normalized spacial score (nSPS) is 11.1. The van der Waals surface area contributed by atoms with Crippen LogP contribution in [0.15, 0.2) is 48.7 Å². The number of carbonyl (C=O) groups excluding carboxylic acids is 1.